The van der Waals surface area contributed by atoms with Gasteiger partial charge in [-0.25, -0.2) is 8.42 Å². The summed E-state index contributed by atoms with van der Waals surface area (Å²) >= 11 is 5.87. The number of aryl methyl sites for hydroxylation is 1. The fraction of sp³-hybridized carbons (Fsp3) is 0.500. The molecule has 0 N–H and O–H groups in total. The molecule has 1 aromatic carbocycles. The van der Waals surface area contributed by atoms with Crippen molar-refractivity contribution in [3.63, 3.8) is 0 Å². The van der Waals surface area contributed by atoms with Crippen LogP contribution < -0.4 is 0 Å². The van der Waals surface area contributed by atoms with Crippen LogP contribution in [0, 0.1) is 13.8 Å². The maximum Gasteiger partial charge on any atom is 0.218 e. The molecule has 0 unspecified atom stereocenters. The molecule has 164 valence electrons. The van der Waals surface area contributed by atoms with Crippen molar-refractivity contribution < 1.29 is 13.2 Å². The van der Waals surface area contributed by atoms with Gasteiger partial charge in [-0.2, -0.15) is 4.31 Å². The number of hydrogen-bond acceptors (Lipinski definition) is 4. The zero-order valence-electron chi connectivity index (χ0n) is 18.1. The van der Waals surface area contributed by atoms with E-state index >= 15 is 0 Å². The molecule has 0 spiro atoms. The van der Waals surface area contributed by atoms with Gasteiger partial charge >= 0.3 is 0 Å². The summed E-state index contributed by atoms with van der Waals surface area (Å²) in [5, 5.41) is 0.587. The van der Waals surface area contributed by atoms with Gasteiger partial charge < -0.3 is 4.57 Å². The van der Waals surface area contributed by atoms with Crippen molar-refractivity contribution in [2.75, 3.05) is 32.7 Å². The van der Waals surface area contributed by atoms with E-state index in [1.807, 2.05) is 24.8 Å². The third kappa shape index (κ3) is 5.14. The van der Waals surface area contributed by atoms with Crippen molar-refractivity contribution in [1.82, 2.24) is 13.8 Å². The molecule has 1 saturated heterocycles. The standard InChI is InChI=1S/C22H30ClN3O3S/c1-16(2)26-17(3)13-21(18(26)4)22(27)14-24-9-11-25(12-10-24)30(28,29)15-19-5-7-20(23)8-6-19/h5-8,13,16H,9-12,14-15H2,1-4H3. The Labute approximate surface area is 184 Å². The van der Waals surface area contributed by atoms with Crippen molar-refractivity contribution in [1.29, 1.82) is 0 Å². The maximum absolute atomic E-state index is 12.9. The first-order chi connectivity index (χ1) is 14.1. The van der Waals surface area contributed by atoms with E-state index in [2.05, 4.69) is 18.4 Å². The Morgan fingerprint density at radius 1 is 1.07 bits per heavy atom. The minimum Gasteiger partial charge on any atom is -0.346 e. The summed E-state index contributed by atoms with van der Waals surface area (Å²) in [7, 11) is -3.40. The highest BCUT2D eigenvalue weighted by molar-refractivity contribution is 7.88. The SMILES string of the molecule is Cc1cc(C(=O)CN2CCN(S(=O)(=O)Cc3ccc(Cl)cc3)CC2)c(C)n1C(C)C. The van der Waals surface area contributed by atoms with Gasteiger partial charge in [-0.1, -0.05) is 23.7 Å². The third-order valence-corrected chi connectivity index (χ3v) is 7.76. The number of carbonyl (C=O) groups is 1. The van der Waals surface area contributed by atoms with E-state index < -0.39 is 10.0 Å². The summed E-state index contributed by atoms with van der Waals surface area (Å²) in [6, 6.07) is 9.15. The first-order valence-electron chi connectivity index (χ1n) is 10.2. The fourth-order valence-corrected chi connectivity index (χ4v) is 5.83. The zero-order chi connectivity index (χ0) is 22.1. The number of sulfonamides is 1. The summed E-state index contributed by atoms with van der Waals surface area (Å²) in [5.41, 5.74) is 3.57. The van der Waals surface area contributed by atoms with Gasteiger partial charge in [0, 0.05) is 54.2 Å². The first kappa shape index (κ1) is 23.0. The van der Waals surface area contributed by atoms with Crippen molar-refractivity contribution in [2.24, 2.45) is 0 Å². The summed E-state index contributed by atoms with van der Waals surface area (Å²) < 4.78 is 29.2. The Morgan fingerprint density at radius 3 is 2.20 bits per heavy atom. The largest absolute Gasteiger partial charge is 0.346 e. The van der Waals surface area contributed by atoms with Gasteiger partial charge in [-0.15, -0.1) is 0 Å². The lowest BCUT2D eigenvalue weighted by Gasteiger charge is -2.33. The lowest BCUT2D eigenvalue weighted by atomic mass is 10.1. The van der Waals surface area contributed by atoms with Gasteiger partial charge in [0.25, 0.3) is 0 Å². The van der Waals surface area contributed by atoms with Crippen LogP contribution in [-0.4, -0.2) is 60.7 Å². The van der Waals surface area contributed by atoms with Crippen LogP contribution in [0.5, 0.6) is 0 Å². The second kappa shape index (κ2) is 9.22. The molecule has 1 aliphatic rings. The fourth-order valence-electron chi connectivity index (χ4n) is 4.19. The number of ketones is 1. The second-order valence-electron chi connectivity index (χ2n) is 8.23. The Balaban J connectivity index is 1.58. The highest BCUT2D eigenvalue weighted by atomic mass is 35.5. The maximum atomic E-state index is 12.9. The van der Waals surface area contributed by atoms with Crippen LogP contribution in [0.1, 0.15) is 47.2 Å². The van der Waals surface area contributed by atoms with Gasteiger partial charge in [0.15, 0.2) is 5.78 Å². The van der Waals surface area contributed by atoms with E-state index in [9.17, 15) is 13.2 Å². The molecule has 0 atom stereocenters. The van der Waals surface area contributed by atoms with Crippen LogP contribution in [0.4, 0.5) is 0 Å². The molecule has 2 aromatic rings. The van der Waals surface area contributed by atoms with Gasteiger partial charge in [-0.3, -0.25) is 9.69 Å². The number of carbonyl (C=O) groups excluding carboxylic acids is 1. The molecule has 6 nitrogen and oxygen atoms in total. The second-order valence-corrected chi connectivity index (χ2v) is 10.6. The van der Waals surface area contributed by atoms with Crippen molar-refractivity contribution in [3.8, 4) is 0 Å². The average molecular weight is 452 g/mol. The molecule has 8 heteroatoms. The van der Waals surface area contributed by atoms with Crippen LogP contribution in [0.2, 0.25) is 5.02 Å². The highest BCUT2D eigenvalue weighted by Gasteiger charge is 2.28. The van der Waals surface area contributed by atoms with Crippen molar-refractivity contribution >= 4 is 27.4 Å². The minimum absolute atomic E-state index is 0.0374. The lowest BCUT2D eigenvalue weighted by Crippen LogP contribution is -2.50. The van der Waals surface area contributed by atoms with Crippen LogP contribution in [0.3, 0.4) is 0 Å². The number of Topliss-reactive ketones (excluding diaryl/α,β-unsaturated/α-hetero) is 1. The first-order valence-corrected chi connectivity index (χ1v) is 12.2. The molecule has 1 aromatic heterocycles. The van der Waals surface area contributed by atoms with Gasteiger partial charge in [0.2, 0.25) is 10.0 Å². The predicted octanol–water partition coefficient (Wildman–Crippen LogP) is 3.67. The van der Waals surface area contributed by atoms with Crippen molar-refractivity contribution in [2.45, 2.75) is 39.5 Å². The normalized spacial score (nSPS) is 16.3. The predicted molar refractivity (Wildman–Crippen MR) is 121 cm³/mol. The zero-order valence-corrected chi connectivity index (χ0v) is 19.6. The quantitative estimate of drug-likeness (QED) is 0.602. The molecule has 3 rings (SSSR count). The molecule has 1 aliphatic heterocycles. The molecule has 30 heavy (non-hydrogen) atoms. The summed E-state index contributed by atoms with van der Waals surface area (Å²) in [6.45, 7) is 10.4. The van der Waals surface area contributed by atoms with E-state index in [1.54, 1.807) is 24.3 Å². The molecule has 0 amide bonds. The van der Waals surface area contributed by atoms with E-state index in [-0.39, 0.29) is 11.5 Å². The van der Waals surface area contributed by atoms with Crippen LogP contribution >= 0.6 is 11.6 Å². The van der Waals surface area contributed by atoms with Crippen molar-refractivity contribution in [3.05, 3.63) is 57.9 Å². The summed E-state index contributed by atoms with van der Waals surface area (Å²) in [5.74, 6) is 0.0528. The lowest BCUT2D eigenvalue weighted by molar-refractivity contribution is 0.0901. The number of rotatable bonds is 7. The average Bonchev–Trinajstić information content (AvgIpc) is 2.98. The monoisotopic (exact) mass is 451 g/mol. The van der Waals surface area contributed by atoms with E-state index in [0.717, 1.165) is 22.5 Å². The molecular weight excluding hydrogens is 422 g/mol. The molecule has 0 saturated carbocycles. The van der Waals surface area contributed by atoms with E-state index in [0.29, 0.717) is 43.8 Å². The van der Waals surface area contributed by atoms with Gasteiger partial charge in [0.1, 0.15) is 0 Å². The van der Waals surface area contributed by atoms with Gasteiger partial charge in [0.05, 0.1) is 12.3 Å². The molecule has 0 bridgehead atoms. The van der Waals surface area contributed by atoms with Crippen LogP contribution in [0.15, 0.2) is 30.3 Å². The third-order valence-electron chi connectivity index (χ3n) is 5.66. The molecule has 1 fully saturated rings. The van der Waals surface area contributed by atoms with E-state index in [4.69, 9.17) is 11.6 Å². The number of hydrogen-bond donors (Lipinski definition) is 0. The summed E-state index contributed by atoms with van der Waals surface area (Å²) in [6.07, 6.45) is 0. The van der Waals surface area contributed by atoms with Crippen LogP contribution in [-0.2, 0) is 15.8 Å². The molecule has 2 heterocycles. The minimum atomic E-state index is -3.40. The molecular formula is C22H30ClN3O3S. The Bertz CT molecular complexity index is 1000. The van der Waals surface area contributed by atoms with E-state index in [1.165, 1.54) is 4.31 Å². The van der Waals surface area contributed by atoms with Gasteiger partial charge in [-0.05, 0) is 51.5 Å². The number of benzene rings is 1. The topological polar surface area (TPSA) is 62.6 Å². The smallest absolute Gasteiger partial charge is 0.218 e. The Hall–Kier alpha value is -1.67. The number of piperazine rings is 1. The summed E-state index contributed by atoms with van der Waals surface area (Å²) in [4.78, 5) is 14.9. The Morgan fingerprint density at radius 2 is 1.67 bits per heavy atom. The van der Waals surface area contributed by atoms with Crippen LogP contribution in [0.25, 0.3) is 0 Å². The molecule has 0 radical (unpaired) electrons. The number of nitrogens with zero attached hydrogens (tertiary/aromatic N) is 3. The number of aromatic nitrogens is 1. The highest BCUT2D eigenvalue weighted by Crippen LogP contribution is 2.21. The number of halogens is 1. The molecule has 0 aliphatic carbocycles. The Kier molecular flexibility index (Phi) is 7.07.